The summed E-state index contributed by atoms with van der Waals surface area (Å²) in [6, 6.07) is 17.4. The zero-order valence-corrected chi connectivity index (χ0v) is 20.2. The summed E-state index contributed by atoms with van der Waals surface area (Å²) in [4.78, 5) is 28.2. The number of nitrogens with zero attached hydrogens (tertiary/aromatic N) is 3. The number of nitriles is 1. The zero-order valence-electron chi connectivity index (χ0n) is 20.2. The van der Waals surface area contributed by atoms with E-state index in [4.69, 9.17) is 4.74 Å². The monoisotopic (exact) mass is 445 g/mol. The van der Waals surface area contributed by atoms with Crippen LogP contribution in [0.15, 0.2) is 53.3 Å². The van der Waals surface area contributed by atoms with Crippen molar-refractivity contribution in [3.8, 4) is 17.2 Å². The number of ether oxygens (including phenoxy) is 1. The number of rotatable bonds is 5. The maximum Gasteiger partial charge on any atom is 0.415 e. The first kappa shape index (κ1) is 24.1. The van der Waals surface area contributed by atoms with Crippen LogP contribution in [0.2, 0.25) is 0 Å². The number of aromatic nitrogens is 1. The highest BCUT2D eigenvalue weighted by atomic mass is 16.6. The van der Waals surface area contributed by atoms with Crippen molar-refractivity contribution in [2.75, 3.05) is 11.9 Å². The van der Waals surface area contributed by atoms with Gasteiger partial charge in [0.25, 0.3) is 5.56 Å². The number of amides is 1. The molecule has 3 rings (SSSR count). The minimum Gasteiger partial charge on any atom is -0.443 e. The Morgan fingerprint density at radius 3 is 2.36 bits per heavy atom. The lowest BCUT2D eigenvalue weighted by molar-refractivity contribution is 0.0587. The molecule has 172 valence electrons. The minimum atomic E-state index is -0.682. The van der Waals surface area contributed by atoms with E-state index in [0.717, 1.165) is 16.7 Å². The maximum absolute atomic E-state index is 13.7. The molecule has 0 aliphatic carbocycles. The molecule has 33 heavy (non-hydrogen) atoms. The van der Waals surface area contributed by atoms with Crippen molar-refractivity contribution in [3.05, 3.63) is 64.4 Å². The Morgan fingerprint density at radius 1 is 1.12 bits per heavy atom. The smallest absolute Gasteiger partial charge is 0.415 e. The van der Waals surface area contributed by atoms with Gasteiger partial charge in [-0.15, -0.1) is 0 Å². The van der Waals surface area contributed by atoms with Crippen LogP contribution in [0.4, 0.5) is 10.6 Å². The van der Waals surface area contributed by atoms with E-state index in [0.29, 0.717) is 23.1 Å². The van der Waals surface area contributed by atoms with Gasteiger partial charge in [0.15, 0.2) is 0 Å². The Balaban J connectivity index is 2.45. The highest BCUT2D eigenvalue weighted by molar-refractivity contribution is 6.05. The van der Waals surface area contributed by atoms with Crippen molar-refractivity contribution >= 4 is 22.7 Å². The van der Waals surface area contributed by atoms with Gasteiger partial charge in [-0.25, -0.2) is 4.79 Å². The van der Waals surface area contributed by atoms with Crippen molar-refractivity contribution < 1.29 is 9.53 Å². The Morgan fingerprint density at radius 2 is 1.79 bits per heavy atom. The standard InChI is InChI=1S/C27H31N3O3/c1-18(2)17-30-24(29(6)26(32)33-27(3,4)5)23(20-10-8-7-9-11-20)22-16-19(14-15-28)12-13-21(22)25(30)31/h7-13,16,18H,14,17H2,1-6H3. The Bertz CT molecular complexity index is 1260. The second-order valence-corrected chi connectivity index (χ2v) is 9.63. The van der Waals surface area contributed by atoms with E-state index in [2.05, 4.69) is 6.07 Å². The molecule has 0 aliphatic rings. The SMILES string of the molecule is CC(C)Cn1c(N(C)C(=O)OC(C)(C)C)c(-c2ccccc2)c2cc(CC#N)ccc2c1=O. The number of carbonyl (C=O) groups is 1. The van der Waals surface area contributed by atoms with Gasteiger partial charge in [0.1, 0.15) is 11.4 Å². The fraction of sp³-hybridized carbons (Fsp3) is 0.370. The lowest BCUT2D eigenvalue weighted by atomic mass is 9.96. The molecule has 0 saturated heterocycles. The van der Waals surface area contributed by atoms with Gasteiger partial charge in [-0.1, -0.05) is 50.2 Å². The fourth-order valence-electron chi connectivity index (χ4n) is 3.87. The normalized spacial score (nSPS) is 11.5. The molecule has 3 aromatic rings. The third-order valence-electron chi connectivity index (χ3n) is 5.19. The molecule has 0 bridgehead atoms. The molecule has 2 aromatic carbocycles. The first-order valence-corrected chi connectivity index (χ1v) is 11.1. The molecule has 1 amide bonds. The van der Waals surface area contributed by atoms with Gasteiger partial charge in [-0.2, -0.15) is 5.26 Å². The maximum atomic E-state index is 13.7. The Hall–Kier alpha value is -3.59. The predicted molar refractivity (Wildman–Crippen MR) is 132 cm³/mol. The molecule has 0 fully saturated rings. The van der Waals surface area contributed by atoms with E-state index in [9.17, 15) is 14.9 Å². The van der Waals surface area contributed by atoms with Crippen LogP contribution in [0.3, 0.4) is 0 Å². The fourth-order valence-corrected chi connectivity index (χ4v) is 3.87. The summed E-state index contributed by atoms with van der Waals surface area (Å²) in [5, 5.41) is 10.5. The van der Waals surface area contributed by atoms with E-state index < -0.39 is 11.7 Å². The van der Waals surface area contributed by atoms with Crippen molar-refractivity contribution in [1.29, 1.82) is 5.26 Å². The molecule has 0 saturated carbocycles. The number of pyridine rings is 1. The average molecular weight is 446 g/mol. The molecule has 6 heteroatoms. The van der Waals surface area contributed by atoms with Crippen LogP contribution in [-0.2, 0) is 17.7 Å². The van der Waals surface area contributed by atoms with Crippen molar-refractivity contribution in [2.45, 2.75) is 53.2 Å². The summed E-state index contributed by atoms with van der Waals surface area (Å²) in [7, 11) is 1.64. The lowest BCUT2D eigenvalue weighted by Crippen LogP contribution is -2.38. The molecular weight excluding hydrogens is 414 g/mol. The Labute approximate surface area is 195 Å². The number of hydrogen-bond acceptors (Lipinski definition) is 4. The van der Waals surface area contributed by atoms with Gasteiger partial charge in [-0.3, -0.25) is 14.3 Å². The van der Waals surface area contributed by atoms with Crippen molar-refractivity contribution in [3.63, 3.8) is 0 Å². The summed E-state index contributed by atoms with van der Waals surface area (Å²) >= 11 is 0. The quantitative estimate of drug-likeness (QED) is 0.500. The largest absolute Gasteiger partial charge is 0.443 e. The summed E-state index contributed by atoms with van der Waals surface area (Å²) in [5.41, 5.74) is 1.60. The van der Waals surface area contributed by atoms with Gasteiger partial charge in [-0.05, 0) is 55.3 Å². The summed E-state index contributed by atoms with van der Waals surface area (Å²) in [5.74, 6) is 0.656. The molecule has 1 heterocycles. The van der Waals surface area contributed by atoms with E-state index in [1.165, 1.54) is 4.90 Å². The van der Waals surface area contributed by atoms with Gasteiger partial charge < -0.3 is 4.74 Å². The van der Waals surface area contributed by atoms with Crippen LogP contribution in [0.1, 0.15) is 40.2 Å². The van der Waals surface area contributed by atoms with Crippen LogP contribution >= 0.6 is 0 Å². The van der Waals surface area contributed by atoms with Crippen LogP contribution in [-0.4, -0.2) is 23.3 Å². The van der Waals surface area contributed by atoms with Gasteiger partial charge in [0.05, 0.1) is 12.5 Å². The second-order valence-electron chi connectivity index (χ2n) is 9.63. The van der Waals surface area contributed by atoms with E-state index in [1.807, 2.05) is 77.1 Å². The van der Waals surface area contributed by atoms with Crippen LogP contribution in [0.25, 0.3) is 21.9 Å². The predicted octanol–water partition coefficient (Wildman–Crippen LogP) is 5.76. The molecule has 0 aliphatic heterocycles. The molecule has 0 unspecified atom stereocenters. The first-order valence-electron chi connectivity index (χ1n) is 11.1. The van der Waals surface area contributed by atoms with E-state index in [-0.39, 0.29) is 17.9 Å². The van der Waals surface area contributed by atoms with E-state index >= 15 is 0 Å². The topological polar surface area (TPSA) is 75.3 Å². The number of fused-ring (bicyclic) bond motifs is 1. The highest BCUT2D eigenvalue weighted by Crippen LogP contribution is 2.37. The zero-order chi connectivity index (χ0) is 24.3. The molecular formula is C27H31N3O3. The van der Waals surface area contributed by atoms with E-state index in [1.54, 1.807) is 17.7 Å². The molecule has 1 aromatic heterocycles. The van der Waals surface area contributed by atoms with Crippen molar-refractivity contribution in [1.82, 2.24) is 4.57 Å². The van der Waals surface area contributed by atoms with Gasteiger partial charge >= 0.3 is 6.09 Å². The summed E-state index contributed by atoms with van der Waals surface area (Å²) in [6.45, 7) is 9.95. The molecule has 0 radical (unpaired) electrons. The highest BCUT2D eigenvalue weighted by Gasteiger charge is 2.28. The van der Waals surface area contributed by atoms with Crippen LogP contribution in [0.5, 0.6) is 0 Å². The third-order valence-corrected chi connectivity index (χ3v) is 5.19. The van der Waals surface area contributed by atoms with Crippen LogP contribution in [0, 0.1) is 17.2 Å². The lowest BCUT2D eigenvalue weighted by Gasteiger charge is -2.29. The summed E-state index contributed by atoms with van der Waals surface area (Å²) < 4.78 is 7.32. The number of anilines is 1. The van der Waals surface area contributed by atoms with Gasteiger partial charge in [0, 0.05) is 24.5 Å². The van der Waals surface area contributed by atoms with Crippen LogP contribution < -0.4 is 10.5 Å². The Kier molecular flexibility index (Phi) is 6.92. The second kappa shape index (κ2) is 9.50. The molecule has 0 spiro atoms. The molecule has 6 nitrogen and oxygen atoms in total. The summed E-state index contributed by atoms with van der Waals surface area (Å²) in [6.07, 6.45) is -0.305. The average Bonchev–Trinajstić information content (AvgIpc) is 2.74. The van der Waals surface area contributed by atoms with Crippen molar-refractivity contribution in [2.24, 2.45) is 5.92 Å². The number of hydrogen-bond donors (Lipinski definition) is 0. The third kappa shape index (κ3) is 5.25. The molecule has 0 N–H and O–H groups in total. The minimum absolute atomic E-state index is 0.174. The number of benzene rings is 2. The number of carbonyl (C=O) groups excluding carboxylic acids is 1. The first-order chi connectivity index (χ1) is 15.5. The molecule has 0 atom stereocenters. The van der Waals surface area contributed by atoms with Gasteiger partial charge in [0.2, 0.25) is 0 Å².